The SMILES string of the molecule is Cc1ccc(S(=O)(=O)N(CC(=O)N(Cc2ccc(F)cc2)C2CCN(C(=O)CCc3ccccc3)CC2)C2CC2)cc1. The molecular formula is C33H38FN3O4S. The number of piperidine rings is 1. The number of nitrogens with zero attached hydrogens (tertiary/aromatic N) is 3. The summed E-state index contributed by atoms with van der Waals surface area (Å²) in [5.74, 6) is -0.545. The lowest BCUT2D eigenvalue weighted by Gasteiger charge is -2.39. The van der Waals surface area contributed by atoms with Crippen molar-refractivity contribution in [2.24, 2.45) is 0 Å². The Morgan fingerprint density at radius 1 is 0.833 bits per heavy atom. The van der Waals surface area contributed by atoms with Crippen molar-refractivity contribution in [3.63, 3.8) is 0 Å². The van der Waals surface area contributed by atoms with Gasteiger partial charge in [0.15, 0.2) is 0 Å². The first-order valence-electron chi connectivity index (χ1n) is 14.6. The zero-order valence-electron chi connectivity index (χ0n) is 24.0. The van der Waals surface area contributed by atoms with Crippen LogP contribution in [0.15, 0.2) is 83.8 Å². The maximum atomic E-state index is 13.9. The number of carbonyl (C=O) groups excluding carboxylic acids is 2. The van der Waals surface area contributed by atoms with E-state index in [0.717, 1.165) is 29.5 Å². The van der Waals surface area contributed by atoms with Crippen LogP contribution in [0.2, 0.25) is 0 Å². The van der Waals surface area contributed by atoms with Gasteiger partial charge in [-0.05, 0) is 74.4 Å². The van der Waals surface area contributed by atoms with Gasteiger partial charge in [-0.25, -0.2) is 12.8 Å². The van der Waals surface area contributed by atoms with E-state index in [1.807, 2.05) is 42.2 Å². The summed E-state index contributed by atoms with van der Waals surface area (Å²) in [6.07, 6.45) is 3.75. The van der Waals surface area contributed by atoms with Crippen molar-refractivity contribution < 1.29 is 22.4 Å². The molecule has 42 heavy (non-hydrogen) atoms. The first-order chi connectivity index (χ1) is 20.2. The Morgan fingerprint density at radius 2 is 1.48 bits per heavy atom. The predicted molar refractivity (Wildman–Crippen MR) is 159 cm³/mol. The lowest BCUT2D eigenvalue weighted by Crippen LogP contribution is -2.51. The number of sulfonamides is 1. The van der Waals surface area contributed by atoms with Crippen LogP contribution in [0.4, 0.5) is 4.39 Å². The van der Waals surface area contributed by atoms with E-state index in [1.165, 1.54) is 16.4 Å². The summed E-state index contributed by atoms with van der Waals surface area (Å²) < 4.78 is 42.2. The Hall–Kier alpha value is -3.56. The molecule has 2 aliphatic rings. The number of carbonyl (C=O) groups is 2. The lowest BCUT2D eigenvalue weighted by atomic mass is 10.0. The second kappa shape index (κ2) is 13.2. The molecule has 9 heteroatoms. The maximum Gasteiger partial charge on any atom is 0.243 e. The number of halogens is 1. The summed E-state index contributed by atoms with van der Waals surface area (Å²) in [5, 5.41) is 0. The van der Waals surface area contributed by atoms with Crippen molar-refractivity contribution in [3.8, 4) is 0 Å². The van der Waals surface area contributed by atoms with Gasteiger partial charge in [-0.1, -0.05) is 60.2 Å². The summed E-state index contributed by atoms with van der Waals surface area (Å²) in [6, 6.07) is 22.3. The van der Waals surface area contributed by atoms with E-state index in [-0.39, 0.29) is 47.7 Å². The van der Waals surface area contributed by atoms with Crippen LogP contribution < -0.4 is 0 Å². The van der Waals surface area contributed by atoms with E-state index in [0.29, 0.717) is 38.8 Å². The quantitative estimate of drug-likeness (QED) is 0.317. The molecule has 0 N–H and O–H groups in total. The van der Waals surface area contributed by atoms with E-state index >= 15 is 0 Å². The lowest BCUT2D eigenvalue weighted by molar-refractivity contribution is -0.137. The van der Waals surface area contributed by atoms with Gasteiger partial charge in [0.05, 0.1) is 11.4 Å². The molecular weight excluding hydrogens is 553 g/mol. The van der Waals surface area contributed by atoms with Gasteiger partial charge in [0.1, 0.15) is 5.82 Å². The Labute approximate surface area is 248 Å². The molecule has 0 bridgehead atoms. The third kappa shape index (κ3) is 7.44. The van der Waals surface area contributed by atoms with Gasteiger partial charge in [0.25, 0.3) is 0 Å². The number of hydrogen-bond acceptors (Lipinski definition) is 4. The van der Waals surface area contributed by atoms with E-state index in [1.54, 1.807) is 41.3 Å². The zero-order valence-corrected chi connectivity index (χ0v) is 24.8. The van der Waals surface area contributed by atoms with E-state index in [2.05, 4.69) is 0 Å². The monoisotopic (exact) mass is 591 g/mol. The van der Waals surface area contributed by atoms with Crippen molar-refractivity contribution in [2.75, 3.05) is 19.6 Å². The molecule has 222 valence electrons. The minimum absolute atomic E-state index is 0.0952. The highest BCUT2D eigenvalue weighted by Gasteiger charge is 2.41. The molecule has 2 fully saturated rings. The molecule has 0 aromatic heterocycles. The molecule has 0 unspecified atom stereocenters. The Bertz CT molecular complexity index is 1470. The van der Waals surface area contributed by atoms with E-state index in [9.17, 15) is 22.4 Å². The molecule has 3 aromatic rings. The fourth-order valence-electron chi connectivity index (χ4n) is 5.53. The molecule has 3 aromatic carbocycles. The van der Waals surface area contributed by atoms with Crippen LogP contribution in [0, 0.1) is 12.7 Å². The highest BCUT2D eigenvalue weighted by molar-refractivity contribution is 7.89. The molecule has 1 aliphatic carbocycles. The fourth-order valence-corrected chi connectivity index (χ4v) is 7.17. The number of benzene rings is 3. The van der Waals surface area contributed by atoms with Crippen LogP contribution in [0.1, 0.15) is 48.8 Å². The second-order valence-electron chi connectivity index (χ2n) is 11.3. The third-order valence-electron chi connectivity index (χ3n) is 8.19. The molecule has 1 saturated heterocycles. The molecule has 1 aliphatic heterocycles. The minimum atomic E-state index is -3.86. The summed E-state index contributed by atoms with van der Waals surface area (Å²) in [7, 11) is -3.86. The average Bonchev–Trinajstić information content (AvgIpc) is 3.84. The van der Waals surface area contributed by atoms with Gasteiger partial charge in [-0.2, -0.15) is 4.31 Å². The molecule has 1 saturated carbocycles. The van der Waals surface area contributed by atoms with E-state index < -0.39 is 10.0 Å². The summed E-state index contributed by atoms with van der Waals surface area (Å²) >= 11 is 0. The van der Waals surface area contributed by atoms with Gasteiger partial charge in [0, 0.05) is 38.1 Å². The standard InChI is InChI=1S/C33H38FN3O4S/c1-25-7-16-31(17-8-25)42(40,41)37(30-14-15-30)24-33(39)36(23-27-9-12-28(34)13-10-27)29-19-21-35(22-20-29)32(38)18-11-26-5-3-2-4-6-26/h2-10,12-13,16-17,29-30H,11,14-15,18-24H2,1H3. The number of amides is 2. The maximum absolute atomic E-state index is 13.9. The normalized spacial score (nSPS) is 16.0. The zero-order chi connectivity index (χ0) is 29.7. The van der Waals surface area contributed by atoms with Gasteiger partial charge in [-0.3, -0.25) is 9.59 Å². The predicted octanol–water partition coefficient (Wildman–Crippen LogP) is 4.94. The first-order valence-corrected chi connectivity index (χ1v) is 16.1. The topological polar surface area (TPSA) is 78.0 Å². The highest BCUT2D eigenvalue weighted by atomic mass is 32.2. The number of aryl methyl sites for hydroxylation is 2. The Kier molecular flexibility index (Phi) is 9.38. The molecule has 0 atom stereocenters. The molecule has 0 spiro atoms. The molecule has 7 nitrogen and oxygen atoms in total. The number of likely N-dealkylation sites (tertiary alicyclic amines) is 1. The third-order valence-corrected chi connectivity index (χ3v) is 10.1. The van der Waals surface area contributed by atoms with Crippen molar-refractivity contribution in [1.82, 2.24) is 14.1 Å². The Balaban J connectivity index is 1.29. The van der Waals surface area contributed by atoms with Crippen LogP contribution in [0.25, 0.3) is 0 Å². The summed E-state index contributed by atoms with van der Waals surface area (Å²) in [6.45, 7) is 2.94. The molecule has 0 radical (unpaired) electrons. The molecule has 5 rings (SSSR count). The van der Waals surface area contributed by atoms with Crippen molar-refractivity contribution >= 4 is 21.8 Å². The largest absolute Gasteiger partial charge is 0.343 e. The van der Waals surface area contributed by atoms with Gasteiger partial charge >= 0.3 is 0 Å². The van der Waals surface area contributed by atoms with E-state index in [4.69, 9.17) is 0 Å². The van der Waals surface area contributed by atoms with Crippen molar-refractivity contribution in [1.29, 1.82) is 0 Å². The van der Waals surface area contributed by atoms with Gasteiger partial charge < -0.3 is 9.80 Å². The fraction of sp³-hybridized carbons (Fsp3) is 0.394. The second-order valence-corrected chi connectivity index (χ2v) is 13.2. The number of hydrogen-bond donors (Lipinski definition) is 0. The van der Waals surface area contributed by atoms with Crippen LogP contribution in [-0.2, 0) is 32.6 Å². The molecule has 2 amide bonds. The summed E-state index contributed by atoms with van der Waals surface area (Å²) in [4.78, 5) is 30.6. The smallest absolute Gasteiger partial charge is 0.243 e. The summed E-state index contributed by atoms with van der Waals surface area (Å²) in [5.41, 5.74) is 2.85. The average molecular weight is 592 g/mol. The minimum Gasteiger partial charge on any atom is -0.343 e. The number of rotatable bonds is 11. The van der Waals surface area contributed by atoms with Crippen LogP contribution in [-0.4, -0.2) is 66.1 Å². The Morgan fingerprint density at radius 3 is 2.10 bits per heavy atom. The van der Waals surface area contributed by atoms with Crippen molar-refractivity contribution in [2.45, 2.75) is 69.0 Å². The van der Waals surface area contributed by atoms with Crippen LogP contribution in [0.3, 0.4) is 0 Å². The molecule has 1 heterocycles. The highest BCUT2D eigenvalue weighted by Crippen LogP contribution is 2.33. The van der Waals surface area contributed by atoms with Gasteiger partial charge in [-0.15, -0.1) is 0 Å². The van der Waals surface area contributed by atoms with Gasteiger partial charge in [0.2, 0.25) is 21.8 Å². The van der Waals surface area contributed by atoms with Crippen LogP contribution >= 0.6 is 0 Å². The first kappa shape index (κ1) is 29.9. The van der Waals surface area contributed by atoms with Crippen LogP contribution in [0.5, 0.6) is 0 Å². The van der Waals surface area contributed by atoms with Crippen molar-refractivity contribution in [3.05, 3.63) is 101 Å².